The highest BCUT2D eigenvalue weighted by atomic mass is 32.2. The van der Waals surface area contributed by atoms with Crippen LogP contribution in [0.1, 0.15) is 69.5 Å². The Balaban J connectivity index is 2.34. The van der Waals surface area contributed by atoms with Gasteiger partial charge in [-0.2, -0.15) is 5.26 Å². The van der Waals surface area contributed by atoms with Crippen LogP contribution in [0.3, 0.4) is 0 Å². The van der Waals surface area contributed by atoms with E-state index in [1.165, 1.54) is 19.3 Å². The first-order chi connectivity index (χ1) is 9.65. The van der Waals surface area contributed by atoms with E-state index in [-0.39, 0.29) is 0 Å². The number of aromatic nitrogens is 2. The van der Waals surface area contributed by atoms with Gasteiger partial charge in [0.1, 0.15) is 17.5 Å². The fraction of sp³-hybridized carbons (Fsp3) is 0.667. The second-order valence-electron chi connectivity index (χ2n) is 5.44. The summed E-state index contributed by atoms with van der Waals surface area (Å²) >= 11 is 1.64. The molecule has 5 heteroatoms. The Hall–Kier alpha value is -1.28. The molecule has 0 saturated heterocycles. The van der Waals surface area contributed by atoms with E-state index in [0.717, 1.165) is 30.1 Å². The normalized spacial score (nSPS) is 17.6. The number of thioether (sulfide) groups is 1. The molecule has 1 fully saturated rings. The summed E-state index contributed by atoms with van der Waals surface area (Å²) in [6.07, 6.45) is 7.00. The van der Waals surface area contributed by atoms with E-state index in [4.69, 9.17) is 5.73 Å². The third-order valence-corrected chi connectivity index (χ3v) is 5.06. The Bertz CT molecular complexity index is 503. The van der Waals surface area contributed by atoms with Gasteiger partial charge in [0.25, 0.3) is 0 Å². The first-order valence-electron chi connectivity index (χ1n) is 7.39. The molecule has 1 aliphatic rings. The van der Waals surface area contributed by atoms with E-state index in [0.29, 0.717) is 22.5 Å². The molecule has 0 unspecified atom stereocenters. The second-order valence-corrected chi connectivity index (χ2v) is 6.84. The summed E-state index contributed by atoms with van der Waals surface area (Å²) in [7, 11) is 0. The van der Waals surface area contributed by atoms with Crippen molar-refractivity contribution in [1.82, 2.24) is 9.97 Å². The highest BCUT2D eigenvalue weighted by molar-refractivity contribution is 7.99. The number of nitrogen functional groups attached to an aromatic ring is 1. The Morgan fingerprint density at radius 1 is 1.35 bits per heavy atom. The average Bonchev–Trinajstić information content (AvgIpc) is 2.47. The molecule has 0 radical (unpaired) electrons. The van der Waals surface area contributed by atoms with Crippen LogP contribution in [0, 0.1) is 11.3 Å². The molecule has 20 heavy (non-hydrogen) atoms. The lowest BCUT2D eigenvalue weighted by Gasteiger charge is -2.22. The van der Waals surface area contributed by atoms with Crippen molar-refractivity contribution in [2.24, 2.45) is 0 Å². The van der Waals surface area contributed by atoms with Crippen LogP contribution in [0.4, 0.5) is 5.82 Å². The summed E-state index contributed by atoms with van der Waals surface area (Å²) < 4.78 is 0. The van der Waals surface area contributed by atoms with Gasteiger partial charge < -0.3 is 5.73 Å². The molecule has 0 aromatic carbocycles. The van der Waals surface area contributed by atoms with Crippen molar-refractivity contribution in [3.8, 4) is 6.07 Å². The number of nitriles is 1. The Morgan fingerprint density at radius 3 is 2.65 bits per heavy atom. The van der Waals surface area contributed by atoms with Crippen LogP contribution < -0.4 is 5.73 Å². The third kappa shape index (κ3) is 3.43. The maximum atomic E-state index is 9.33. The lowest BCUT2D eigenvalue weighted by Crippen LogP contribution is -2.13. The van der Waals surface area contributed by atoms with Gasteiger partial charge in [-0.3, -0.25) is 0 Å². The molecule has 1 saturated carbocycles. The number of anilines is 1. The van der Waals surface area contributed by atoms with Crippen LogP contribution in [-0.2, 0) is 0 Å². The fourth-order valence-electron chi connectivity index (χ4n) is 2.58. The molecule has 0 bridgehead atoms. The number of hydrogen-bond acceptors (Lipinski definition) is 5. The maximum Gasteiger partial charge on any atom is 0.190 e. The van der Waals surface area contributed by atoms with Gasteiger partial charge in [0.15, 0.2) is 5.16 Å². The molecule has 2 rings (SSSR count). The van der Waals surface area contributed by atoms with Gasteiger partial charge in [0, 0.05) is 11.2 Å². The largest absolute Gasteiger partial charge is 0.382 e. The minimum Gasteiger partial charge on any atom is -0.382 e. The van der Waals surface area contributed by atoms with Crippen molar-refractivity contribution in [1.29, 1.82) is 5.26 Å². The number of nitrogens with two attached hydrogens (primary N) is 1. The standard InChI is InChI=1S/C15H22N4S/c1-3-10(2)20-15-18-13(11-7-5-4-6-8-11)12(9-16)14(17)19-15/h10-11H,3-8H2,1-2H3,(H2,17,18,19)/t10-/m0/s1. The predicted molar refractivity (Wildman–Crippen MR) is 82.6 cm³/mol. The average molecular weight is 290 g/mol. The summed E-state index contributed by atoms with van der Waals surface area (Å²) in [6.45, 7) is 4.30. The lowest BCUT2D eigenvalue weighted by molar-refractivity contribution is 0.433. The van der Waals surface area contributed by atoms with Crippen LogP contribution in [0.15, 0.2) is 5.16 Å². The number of nitrogens with zero attached hydrogens (tertiary/aromatic N) is 3. The molecule has 108 valence electrons. The highest BCUT2D eigenvalue weighted by Gasteiger charge is 2.23. The Morgan fingerprint density at radius 2 is 2.05 bits per heavy atom. The minimum absolute atomic E-state index is 0.342. The zero-order valence-corrected chi connectivity index (χ0v) is 13.0. The lowest BCUT2D eigenvalue weighted by atomic mass is 9.85. The SMILES string of the molecule is CC[C@H](C)Sc1nc(N)c(C#N)c(C2CCCCC2)n1. The molecular formula is C15H22N4S. The molecule has 1 aromatic rings. The summed E-state index contributed by atoms with van der Waals surface area (Å²) in [6, 6.07) is 2.20. The molecule has 1 heterocycles. The van der Waals surface area contributed by atoms with Crippen LogP contribution in [0.25, 0.3) is 0 Å². The summed E-state index contributed by atoms with van der Waals surface area (Å²) in [5, 5.41) is 10.5. The van der Waals surface area contributed by atoms with Crippen molar-refractivity contribution in [2.45, 2.75) is 68.7 Å². The van der Waals surface area contributed by atoms with Gasteiger partial charge in [-0.15, -0.1) is 0 Å². The van der Waals surface area contributed by atoms with Crippen LogP contribution >= 0.6 is 11.8 Å². The fourth-order valence-corrected chi connectivity index (χ4v) is 3.40. The van der Waals surface area contributed by atoms with E-state index in [9.17, 15) is 5.26 Å². The molecule has 4 nitrogen and oxygen atoms in total. The number of rotatable bonds is 4. The highest BCUT2D eigenvalue weighted by Crippen LogP contribution is 2.35. The van der Waals surface area contributed by atoms with Crippen molar-refractivity contribution in [3.63, 3.8) is 0 Å². The van der Waals surface area contributed by atoms with E-state index in [2.05, 4.69) is 29.9 Å². The summed E-state index contributed by atoms with van der Waals surface area (Å²) in [5.41, 5.74) is 7.34. The molecule has 1 aliphatic carbocycles. The first kappa shape index (κ1) is 15.1. The van der Waals surface area contributed by atoms with E-state index in [1.807, 2.05) is 0 Å². The van der Waals surface area contributed by atoms with Crippen molar-refractivity contribution < 1.29 is 0 Å². The zero-order chi connectivity index (χ0) is 14.5. The minimum atomic E-state index is 0.342. The second kappa shape index (κ2) is 6.94. The first-order valence-corrected chi connectivity index (χ1v) is 8.27. The topological polar surface area (TPSA) is 75.6 Å². The van der Waals surface area contributed by atoms with Gasteiger partial charge in [-0.05, 0) is 19.3 Å². The van der Waals surface area contributed by atoms with E-state index < -0.39 is 0 Å². The van der Waals surface area contributed by atoms with Gasteiger partial charge >= 0.3 is 0 Å². The van der Waals surface area contributed by atoms with Gasteiger partial charge in [0.2, 0.25) is 0 Å². The molecule has 2 N–H and O–H groups in total. The third-order valence-electron chi connectivity index (χ3n) is 3.93. The predicted octanol–water partition coefficient (Wildman–Crippen LogP) is 3.87. The molecular weight excluding hydrogens is 268 g/mol. The molecule has 0 spiro atoms. The van der Waals surface area contributed by atoms with Gasteiger partial charge in [-0.1, -0.05) is 44.9 Å². The smallest absolute Gasteiger partial charge is 0.190 e. The van der Waals surface area contributed by atoms with Crippen molar-refractivity contribution >= 4 is 17.6 Å². The molecule has 1 atom stereocenters. The van der Waals surface area contributed by atoms with Gasteiger partial charge in [-0.25, -0.2) is 9.97 Å². The van der Waals surface area contributed by atoms with Crippen molar-refractivity contribution in [3.05, 3.63) is 11.3 Å². The zero-order valence-electron chi connectivity index (χ0n) is 12.2. The molecule has 0 amide bonds. The van der Waals surface area contributed by atoms with Crippen molar-refractivity contribution in [2.75, 3.05) is 5.73 Å². The van der Waals surface area contributed by atoms with Crippen LogP contribution in [-0.4, -0.2) is 15.2 Å². The summed E-state index contributed by atoms with van der Waals surface area (Å²) in [5.74, 6) is 0.717. The Labute approximate surface area is 125 Å². The van der Waals surface area contributed by atoms with E-state index in [1.54, 1.807) is 11.8 Å². The molecule has 1 aromatic heterocycles. The van der Waals surface area contributed by atoms with E-state index >= 15 is 0 Å². The monoisotopic (exact) mass is 290 g/mol. The Kier molecular flexibility index (Phi) is 5.24. The summed E-state index contributed by atoms with van der Waals surface area (Å²) in [4.78, 5) is 8.96. The van der Waals surface area contributed by atoms with Crippen LogP contribution in [0.5, 0.6) is 0 Å². The van der Waals surface area contributed by atoms with Crippen LogP contribution in [0.2, 0.25) is 0 Å². The quantitative estimate of drug-likeness (QED) is 0.673. The molecule has 0 aliphatic heterocycles. The number of hydrogen-bond donors (Lipinski definition) is 1. The van der Waals surface area contributed by atoms with Gasteiger partial charge in [0.05, 0.1) is 5.69 Å². The maximum absolute atomic E-state index is 9.33.